The van der Waals surface area contributed by atoms with E-state index >= 15 is 0 Å². The molecule has 0 unspecified atom stereocenters. The van der Waals surface area contributed by atoms with E-state index in [1.165, 1.54) is 6.07 Å². The Morgan fingerprint density at radius 1 is 0.914 bits per heavy atom. The molecule has 3 aromatic heterocycles. The predicted molar refractivity (Wildman–Crippen MR) is 135 cm³/mol. The van der Waals surface area contributed by atoms with Crippen LogP contribution in [0.4, 0.5) is 21.7 Å². The van der Waals surface area contributed by atoms with Gasteiger partial charge in [0.1, 0.15) is 23.3 Å². The minimum atomic E-state index is -0.382. The molecule has 0 aliphatic carbocycles. The molecule has 2 aromatic carbocycles. The second-order valence-electron chi connectivity index (χ2n) is 8.50. The van der Waals surface area contributed by atoms with Crippen LogP contribution in [-0.2, 0) is 6.42 Å². The summed E-state index contributed by atoms with van der Waals surface area (Å²) in [5, 5.41) is 12.7. The van der Waals surface area contributed by atoms with Crippen molar-refractivity contribution in [1.29, 1.82) is 0 Å². The number of H-pyrrole nitrogens is 3. The summed E-state index contributed by atoms with van der Waals surface area (Å²) in [5.41, 5.74) is 3.46. The molecule has 10 heteroatoms. The molecule has 0 amide bonds. The van der Waals surface area contributed by atoms with E-state index in [0.717, 1.165) is 22.2 Å². The van der Waals surface area contributed by atoms with Crippen molar-refractivity contribution in [2.24, 2.45) is 0 Å². The van der Waals surface area contributed by atoms with Crippen molar-refractivity contribution < 1.29 is 4.39 Å². The number of hydrogen-bond donors (Lipinski definition) is 5. The maximum absolute atomic E-state index is 14.2. The van der Waals surface area contributed by atoms with E-state index < -0.39 is 0 Å². The topological polar surface area (TPSA) is 131 Å². The van der Waals surface area contributed by atoms with E-state index in [1.54, 1.807) is 37.3 Å². The molecule has 0 bridgehead atoms. The zero-order valence-corrected chi connectivity index (χ0v) is 19.5. The molecule has 0 radical (unpaired) electrons. The normalized spacial score (nSPS) is 11.3. The molecule has 178 valence electrons. The average Bonchev–Trinajstić information content (AvgIpc) is 3.16. The van der Waals surface area contributed by atoms with Gasteiger partial charge in [-0.1, -0.05) is 6.07 Å². The SMILES string of the molecule is Cc1nc(NCCc2c(C)[nH]c3c(F)ccc(C)c23)cc(Nc2ccc3c(=O)[nH][nH]c(=O)c3c2)n1. The van der Waals surface area contributed by atoms with Crippen molar-refractivity contribution in [3.05, 3.63) is 85.6 Å². The average molecular weight is 474 g/mol. The van der Waals surface area contributed by atoms with Crippen LogP contribution in [-0.4, -0.2) is 31.7 Å². The monoisotopic (exact) mass is 473 g/mol. The van der Waals surface area contributed by atoms with Gasteiger partial charge in [0.2, 0.25) is 0 Å². The Kier molecular flexibility index (Phi) is 5.56. The highest BCUT2D eigenvalue weighted by Gasteiger charge is 2.14. The highest BCUT2D eigenvalue weighted by Crippen LogP contribution is 2.28. The van der Waals surface area contributed by atoms with Crippen LogP contribution in [0.2, 0.25) is 0 Å². The van der Waals surface area contributed by atoms with Gasteiger partial charge in [-0.2, -0.15) is 0 Å². The third-order valence-electron chi connectivity index (χ3n) is 6.02. The molecule has 0 fully saturated rings. The molecule has 35 heavy (non-hydrogen) atoms. The van der Waals surface area contributed by atoms with Gasteiger partial charge in [0, 0.05) is 29.4 Å². The van der Waals surface area contributed by atoms with Gasteiger partial charge in [0.05, 0.1) is 16.3 Å². The zero-order chi connectivity index (χ0) is 24.7. The molecule has 3 heterocycles. The number of anilines is 3. The molecular weight excluding hydrogens is 449 g/mol. The maximum atomic E-state index is 14.2. The summed E-state index contributed by atoms with van der Waals surface area (Å²) in [6.07, 6.45) is 0.684. The number of nitrogens with zero attached hydrogens (tertiary/aromatic N) is 2. The molecule has 5 rings (SSSR count). The van der Waals surface area contributed by atoms with Crippen molar-refractivity contribution in [3.8, 4) is 0 Å². The van der Waals surface area contributed by atoms with Crippen LogP contribution in [0.5, 0.6) is 0 Å². The Hall–Kier alpha value is -4.47. The molecule has 0 saturated carbocycles. The quantitative estimate of drug-likeness (QED) is 0.254. The van der Waals surface area contributed by atoms with Crippen LogP contribution in [0.25, 0.3) is 21.7 Å². The summed E-state index contributed by atoms with van der Waals surface area (Å²) in [5.74, 6) is 1.49. The van der Waals surface area contributed by atoms with E-state index in [9.17, 15) is 14.0 Å². The predicted octanol–water partition coefficient (Wildman–Crippen LogP) is 3.95. The lowest BCUT2D eigenvalue weighted by Crippen LogP contribution is -2.18. The van der Waals surface area contributed by atoms with Crippen LogP contribution in [0.3, 0.4) is 0 Å². The number of benzene rings is 2. The van der Waals surface area contributed by atoms with Crippen LogP contribution in [0.15, 0.2) is 46.0 Å². The standard InChI is InChI=1S/C25H24FN7O2/c1-12-4-7-19(26)23-22(12)16(13(2)28-23)8-9-27-20-11-21(30-14(3)29-20)31-15-5-6-17-18(10-15)25(35)33-32-24(17)34/h4-7,10-11,28H,8-9H2,1-3H3,(H,32,34)(H,33,35)(H2,27,29,30,31). The number of aromatic amines is 3. The summed E-state index contributed by atoms with van der Waals surface area (Å²) >= 11 is 0. The van der Waals surface area contributed by atoms with Crippen molar-refractivity contribution >= 4 is 39.0 Å². The van der Waals surface area contributed by atoms with Gasteiger partial charge in [-0.3, -0.25) is 19.8 Å². The second kappa shape index (κ2) is 8.71. The first-order valence-corrected chi connectivity index (χ1v) is 11.2. The highest BCUT2D eigenvalue weighted by atomic mass is 19.1. The first kappa shape index (κ1) is 22.3. The highest BCUT2D eigenvalue weighted by molar-refractivity contribution is 5.88. The lowest BCUT2D eigenvalue weighted by Gasteiger charge is -2.11. The Morgan fingerprint density at radius 2 is 1.66 bits per heavy atom. The molecule has 0 aliphatic heterocycles. The van der Waals surface area contributed by atoms with Crippen molar-refractivity contribution in [3.63, 3.8) is 0 Å². The van der Waals surface area contributed by atoms with Crippen molar-refractivity contribution in [2.45, 2.75) is 27.2 Å². The molecule has 0 aliphatic rings. The van der Waals surface area contributed by atoms with Gasteiger partial charge in [0.15, 0.2) is 0 Å². The van der Waals surface area contributed by atoms with Gasteiger partial charge in [0.25, 0.3) is 11.1 Å². The molecule has 0 atom stereocenters. The molecule has 0 spiro atoms. The van der Waals surface area contributed by atoms with Crippen LogP contribution in [0, 0.1) is 26.6 Å². The molecule has 0 saturated heterocycles. The lowest BCUT2D eigenvalue weighted by molar-refractivity contribution is 0.637. The molecule has 9 nitrogen and oxygen atoms in total. The van der Waals surface area contributed by atoms with Crippen molar-refractivity contribution in [1.82, 2.24) is 25.1 Å². The minimum Gasteiger partial charge on any atom is -0.370 e. The van der Waals surface area contributed by atoms with Gasteiger partial charge in [-0.05, 0) is 62.6 Å². The number of rotatable bonds is 6. The largest absolute Gasteiger partial charge is 0.370 e. The van der Waals surface area contributed by atoms with E-state index in [2.05, 4.69) is 35.8 Å². The fourth-order valence-electron chi connectivity index (χ4n) is 4.40. The Morgan fingerprint density at radius 3 is 2.46 bits per heavy atom. The lowest BCUT2D eigenvalue weighted by atomic mass is 10.0. The number of aromatic nitrogens is 5. The van der Waals surface area contributed by atoms with E-state index in [4.69, 9.17) is 0 Å². The smallest absolute Gasteiger partial charge is 0.270 e. The fourth-order valence-corrected chi connectivity index (χ4v) is 4.40. The number of nitrogens with one attached hydrogen (secondary N) is 5. The van der Waals surface area contributed by atoms with Crippen LogP contribution in [0.1, 0.15) is 22.6 Å². The second-order valence-corrected chi connectivity index (χ2v) is 8.50. The molecule has 5 N–H and O–H groups in total. The van der Waals surface area contributed by atoms with E-state index in [-0.39, 0.29) is 22.3 Å². The summed E-state index contributed by atoms with van der Waals surface area (Å²) in [7, 11) is 0. The van der Waals surface area contributed by atoms with Crippen molar-refractivity contribution in [2.75, 3.05) is 17.2 Å². The Bertz CT molecular complexity index is 1700. The van der Waals surface area contributed by atoms with Gasteiger partial charge < -0.3 is 15.6 Å². The van der Waals surface area contributed by atoms with Gasteiger partial charge in [-0.15, -0.1) is 0 Å². The third kappa shape index (κ3) is 4.25. The first-order chi connectivity index (χ1) is 16.8. The summed E-state index contributed by atoms with van der Waals surface area (Å²) < 4.78 is 14.2. The minimum absolute atomic E-state index is 0.254. The Balaban J connectivity index is 1.35. The number of hydrogen-bond acceptors (Lipinski definition) is 6. The first-order valence-electron chi connectivity index (χ1n) is 11.2. The summed E-state index contributed by atoms with van der Waals surface area (Å²) in [6.45, 7) is 6.31. The van der Waals surface area contributed by atoms with Gasteiger partial charge >= 0.3 is 0 Å². The molecule has 5 aromatic rings. The van der Waals surface area contributed by atoms with Gasteiger partial charge in [-0.25, -0.2) is 14.4 Å². The fraction of sp³-hybridized carbons (Fsp3) is 0.200. The Labute approximate surface area is 198 Å². The number of fused-ring (bicyclic) bond motifs is 2. The summed E-state index contributed by atoms with van der Waals surface area (Å²) in [6, 6.07) is 9.96. The number of halogens is 1. The third-order valence-corrected chi connectivity index (χ3v) is 6.02. The number of aryl methyl sites for hydroxylation is 3. The zero-order valence-electron chi connectivity index (χ0n) is 19.5. The van der Waals surface area contributed by atoms with Crippen LogP contribution < -0.4 is 21.8 Å². The maximum Gasteiger partial charge on any atom is 0.270 e. The molecular formula is C25H24FN7O2. The van der Waals surface area contributed by atoms with E-state index in [1.807, 2.05) is 13.8 Å². The van der Waals surface area contributed by atoms with E-state index in [0.29, 0.717) is 47.0 Å². The summed E-state index contributed by atoms with van der Waals surface area (Å²) in [4.78, 5) is 36.0. The van der Waals surface area contributed by atoms with Crippen LogP contribution >= 0.6 is 0 Å².